The molecule has 42 heavy (non-hydrogen) atoms. The fourth-order valence-corrected chi connectivity index (χ4v) is 5.07. The number of rotatable bonds is 7. The molecular weight excluding hydrogens is 564 g/mol. The molecule has 3 atom stereocenters. The number of aliphatic hydroxyl groups is 1. The van der Waals surface area contributed by atoms with Crippen LogP contribution in [0.2, 0.25) is 0 Å². The highest BCUT2D eigenvalue weighted by Gasteiger charge is 2.50. The molecule has 2 unspecified atom stereocenters. The van der Waals surface area contributed by atoms with Crippen molar-refractivity contribution >= 4 is 6.09 Å². The Hall–Kier alpha value is -3.57. The second-order valence-corrected chi connectivity index (χ2v) is 10.8. The molecule has 3 aromatic rings. The van der Waals surface area contributed by atoms with Crippen LogP contribution < -0.4 is 0 Å². The Balaban J connectivity index is 1.68. The summed E-state index contributed by atoms with van der Waals surface area (Å²) in [6, 6.07) is 19.0. The van der Waals surface area contributed by atoms with Crippen LogP contribution in [0.4, 0.5) is 31.1 Å². The number of hydrogen-bond acceptors (Lipinski definition) is 4. The molecule has 1 aliphatic rings. The zero-order valence-corrected chi connectivity index (χ0v) is 23.0. The second-order valence-electron chi connectivity index (χ2n) is 10.8. The molecule has 11 heteroatoms. The second kappa shape index (κ2) is 12.0. The van der Waals surface area contributed by atoms with Crippen molar-refractivity contribution in [2.45, 2.75) is 62.9 Å². The van der Waals surface area contributed by atoms with Gasteiger partial charge in [-0.2, -0.15) is 26.3 Å². The van der Waals surface area contributed by atoms with Crippen molar-refractivity contribution in [2.24, 2.45) is 0 Å². The van der Waals surface area contributed by atoms with Gasteiger partial charge in [-0.05, 0) is 61.6 Å². The number of nitrogens with zero attached hydrogens (tertiary/aromatic N) is 1. The molecule has 226 valence electrons. The lowest BCUT2D eigenvalue weighted by molar-refractivity contribution is -0.143. The molecule has 1 saturated heterocycles. The van der Waals surface area contributed by atoms with E-state index in [0.29, 0.717) is 17.7 Å². The van der Waals surface area contributed by atoms with E-state index in [1.165, 1.54) is 11.8 Å². The molecule has 1 aliphatic heterocycles. The van der Waals surface area contributed by atoms with Crippen molar-refractivity contribution in [3.63, 3.8) is 0 Å². The van der Waals surface area contributed by atoms with Crippen LogP contribution in [0.25, 0.3) is 0 Å². The first-order valence-electron chi connectivity index (χ1n) is 13.3. The Labute approximate surface area is 239 Å². The van der Waals surface area contributed by atoms with E-state index >= 15 is 0 Å². The lowest BCUT2D eigenvalue weighted by Crippen LogP contribution is -2.61. The average molecular weight is 596 g/mol. The van der Waals surface area contributed by atoms with Crippen molar-refractivity contribution in [3.05, 3.63) is 107 Å². The Morgan fingerprint density at radius 2 is 1.45 bits per heavy atom. The number of likely N-dealkylation sites (tertiary alicyclic amines) is 1. The molecule has 0 aromatic heterocycles. The van der Waals surface area contributed by atoms with Gasteiger partial charge < -0.3 is 14.6 Å². The summed E-state index contributed by atoms with van der Waals surface area (Å²) < 4.78 is 92.5. The van der Waals surface area contributed by atoms with Gasteiger partial charge in [0.2, 0.25) is 0 Å². The van der Waals surface area contributed by atoms with Crippen LogP contribution in [0.1, 0.15) is 60.6 Å². The van der Waals surface area contributed by atoms with Crippen LogP contribution in [0.5, 0.6) is 0 Å². The minimum atomic E-state index is -5.00. The third-order valence-corrected chi connectivity index (χ3v) is 7.48. The lowest BCUT2D eigenvalue weighted by Gasteiger charge is -2.51. The Bertz CT molecular complexity index is 1330. The number of benzene rings is 3. The normalized spacial score (nSPS) is 22.1. The highest BCUT2D eigenvalue weighted by Crippen LogP contribution is 2.43. The van der Waals surface area contributed by atoms with Gasteiger partial charge >= 0.3 is 18.4 Å². The maximum atomic E-state index is 13.6. The van der Waals surface area contributed by atoms with Crippen molar-refractivity contribution in [1.82, 2.24) is 4.90 Å². The summed E-state index contributed by atoms with van der Waals surface area (Å²) in [5.74, 6) is 0. The van der Waals surface area contributed by atoms with E-state index in [0.717, 1.165) is 5.56 Å². The number of carbonyl (C=O) groups excluding carboxylic acids is 1. The molecule has 0 radical (unpaired) electrons. The average Bonchev–Trinajstić information content (AvgIpc) is 2.95. The van der Waals surface area contributed by atoms with Gasteiger partial charge in [0.15, 0.2) is 0 Å². The van der Waals surface area contributed by atoms with Gasteiger partial charge in [0, 0.05) is 0 Å². The topological polar surface area (TPSA) is 59.0 Å². The zero-order chi connectivity index (χ0) is 30.8. The minimum Gasteiger partial charge on any atom is -0.445 e. The number of amides is 1. The van der Waals surface area contributed by atoms with Gasteiger partial charge in [-0.3, -0.25) is 4.90 Å². The van der Waals surface area contributed by atoms with Gasteiger partial charge in [0.25, 0.3) is 0 Å². The SMILES string of the molecule is CC(OC[C@@]1(c2ccccc2)CCC(C)(O)CN1C(=O)OCc1ccccc1)c1cc(C(F)(F)F)cc(C(F)(F)F)c1. The zero-order valence-electron chi connectivity index (χ0n) is 23.0. The summed E-state index contributed by atoms with van der Waals surface area (Å²) in [4.78, 5) is 14.9. The van der Waals surface area contributed by atoms with Gasteiger partial charge in [-0.25, -0.2) is 4.79 Å². The number of piperidine rings is 1. The Morgan fingerprint density at radius 1 is 0.905 bits per heavy atom. The molecule has 0 aliphatic carbocycles. The Kier molecular flexibility index (Phi) is 8.94. The van der Waals surface area contributed by atoms with E-state index in [4.69, 9.17) is 9.47 Å². The number of halogens is 6. The minimum absolute atomic E-state index is 0.0507. The fourth-order valence-electron chi connectivity index (χ4n) is 5.07. The predicted octanol–water partition coefficient (Wildman–Crippen LogP) is 7.88. The van der Waals surface area contributed by atoms with Crippen LogP contribution >= 0.6 is 0 Å². The largest absolute Gasteiger partial charge is 0.445 e. The molecule has 3 aromatic carbocycles. The standard InChI is InChI=1S/C31H31F6NO4/c1-21(23-15-25(30(32,33)34)17-26(16-23)31(35,36)37)42-20-29(24-11-7-4-8-12-24)14-13-28(2,40)19-38(29)27(39)41-18-22-9-5-3-6-10-22/h3-12,15-17,21,40H,13-14,18-20H2,1-2H3/t21?,28?,29-/m1/s1. The van der Waals surface area contributed by atoms with Crippen molar-refractivity contribution in [1.29, 1.82) is 0 Å². The molecular formula is C31H31F6NO4. The van der Waals surface area contributed by atoms with E-state index in [2.05, 4.69) is 0 Å². The van der Waals surface area contributed by atoms with Crippen LogP contribution in [0.3, 0.4) is 0 Å². The van der Waals surface area contributed by atoms with E-state index < -0.39 is 46.8 Å². The van der Waals surface area contributed by atoms with Crippen LogP contribution in [0, 0.1) is 0 Å². The van der Waals surface area contributed by atoms with Gasteiger partial charge in [0.1, 0.15) is 6.61 Å². The molecule has 0 saturated carbocycles. The van der Waals surface area contributed by atoms with E-state index in [-0.39, 0.29) is 44.2 Å². The number of β-amino-alcohol motifs (C(OH)–C–C–N with tert-alkyl or cyclic N) is 1. The molecule has 1 heterocycles. The predicted molar refractivity (Wildman–Crippen MR) is 142 cm³/mol. The smallest absolute Gasteiger partial charge is 0.416 e. The highest BCUT2D eigenvalue weighted by atomic mass is 19.4. The third-order valence-electron chi connectivity index (χ3n) is 7.48. The van der Waals surface area contributed by atoms with Gasteiger partial charge in [-0.15, -0.1) is 0 Å². The maximum Gasteiger partial charge on any atom is 0.416 e. The quantitative estimate of drug-likeness (QED) is 0.283. The first-order valence-corrected chi connectivity index (χ1v) is 13.3. The van der Waals surface area contributed by atoms with E-state index in [1.54, 1.807) is 61.5 Å². The summed E-state index contributed by atoms with van der Waals surface area (Å²) >= 11 is 0. The van der Waals surface area contributed by atoms with E-state index in [1.807, 2.05) is 6.07 Å². The van der Waals surface area contributed by atoms with Crippen molar-refractivity contribution < 1.29 is 45.7 Å². The molecule has 0 bridgehead atoms. The van der Waals surface area contributed by atoms with Crippen LogP contribution in [-0.4, -0.2) is 34.9 Å². The maximum absolute atomic E-state index is 13.6. The number of ether oxygens (including phenoxy) is 2. The third kappa shape index (κ3) is 7.25. The van der Waals surface area contributed by atoms with Crippen LogP contribution in [0.15, 0.2) is 78.9 Å². The number of hydrogen-bond donors (Lipinski definition) is 1. The van der Waals surface area contributed by atoms with Crippen LogP contribution in [-0.2, 0) is 34.0 Å². The first-order chi connectivity index (χ1) is 19.6. The van der Waals surface area contributed by atoms with Gasteiger partial charge in [0.05, 0.1) is 41.5 Å². The molecule has 0 spiro atoms. The molecule has 4 rings (SSSR count). The lowest BCUT2D eigenvalue weighted by atomic mass is 9.76. The van der Waals surface area contributed by atoms with Crippen molar-refractivity contribution in [2.75, 3.05) is 13.2 Å². The monoisotopic (exact) mass is 595 g/mol. The molecule has 1 N–H and O–H groups in total. The van der Waals surface area contributed by atoms with E-state index in [9.17, 15) is 36.2 Å². The number of alkyl halides is 6. The first kappa shape index (κ1) is 31.4. The van der Waals surface area contributed by atoms with Crippen molar-refractivity contribution in [3.8, 4) is 0 Å². The molecule has 1 fully saturated rings. The summed E-state index contributed by atoms with van der Waals surface area (Å²) in [6.45, 7) is 2.45. The summed E-state index contributed by atoms with van der Waals surface area (Å²) in [5, 5.41) is 10.9. The summed E-state index contributed by atoms with van der Waals surface area (Å²) in [6.07, 6.45) is -11.5. The molecule has 1 amide bonds. The number of carbonyl (C=O) groups is 1. The molecule has 5 nitrogen and oxygen atoms in total. The summed E-state index contributed by atoms with van der Waals surface area (Å²) in [7, 11) is 0. The van der Waals surface area contributed by atoms with Gasteiger partial charge in [-0.1, -0.05) is 60.7 Å². The Morgan fingerprint density at radius 3 is 2.00 bits per heavy atom. The fraction of sp³-hybridized carbons (Fsp3) is 0.387. The summed E-state index contributed by atoms with van der Waals surface area (Å²) in [5.41, 5.74) is -4.38. The highest BCUT2D eigenvalue weighted by molar-refractivity contribution is 5.70.